The molecule has 0 aliphatic carbocycles. The van der Waals surface area contributed by atoms with Crippen molar-refractivity contribution in [2.45, 2.75) is 38.8 Å². The molecule has 7 heteroatoms. The minimum atomic E-state index is -3.62. The van der Waals surface area contributed by atoms with Crippen molar-refractivity contribution < 1.29 is 13.5 Å². The van der Waals surface area contributed by atoms with Crippen LogP contribution in [0.3, 0.4) is 0 Å². The van der Waals surface area contributed by atoms with Gasteiger partial charge in [0.2, 0.25) is 10.0 Å². The number of nitrogens with zero attached hydrogens (tertiary/aromatic N) is 1. The van der Waals surface area contributed by atoms with Crippen LogP contribution < -0.4 is 4.72 Å². The van der Waals surface area contributed by atoms with E-state index in [1.54, 1.807) is 18.5 Å². The van der Waals surface area contributed by atoms with E-state index in [1.807, 2.05) is 13.8 Å². The Hall–Kier alpha value is -1.28. The van der Waals surface area contributed by atoms with Gasteiger partial charge in [0, 0.05) is 11.4 Å². The Morgan fingerprint density at radius 1 is 1.24 bits per heavy atom. The van der Waals surface area contributed by atoms with Gasteiger partial charge in [0.05, 0.1) is 22.7 Å². The molecule has 5 nitrogen and oxygen atoms in total. The average molecular weight is 326 g/mol. The van der Waals surface area contributed by atoms with E-state index in [-0.39, 0.29) is 18.0 Å². The van der Waals surface area contributed by atoms with Gasteiger partial charge in [-0.25, -0.2) is 18.1 Å². The highest BCUT2D eigenvalue weighted by atomic mass is 32.2. The molecular formula is C14H18N2O3S2. The first kappa shape index (κ1) is 16.1. The molecule has 0 amide bonds. The Balaban J connectivity index is 2.29. The number of nitrogens with one attached hydrogen (secondary N) is 1. The lowest BCUT2D eigenvalue weighted by Crippen LogP contribution is -2.24. The Bertz CT molecular complexity index is 752. The second-order valence-corrected chi connectivity index (χ2v) is 7.56. The molecule has 0 aliphatic rings. The van der Waals surface area contributed by atoms with Crippen LogP contribution in [0.1, 0.15) is 27.3 Å². The smallest absolute Gasteiger partial charge is 0.241 e. The molecule has 0 unspecified atom stereocenters. The predicted molar refractivity (Wildman–Crippen MR) is 82.7 cm³/mol. The molecular weight excluding hydrogens is 308 g/mol. The number of hydrogen-bond acceptors (Lipinski definition) is 5. The molecule has 21 heavy (non-hydrogen) atoms. The SMILES string of the molecule is Cc1cc(C)c(S(=O)(=O)NCc2scnc2C)cc1CO. The van der Waals surface area contributed by atoms with Crippen LogP contribution in [0, 0.1) is 20.8 Å². The lowest BCUT2D eigenvalue weighted by Gasteiger charge is -2.12. The third kappa shape index (κ3) is 3.49. The first-order valence-corrected chi connectivity index (χ1v) is 8.81. The number of thiazole rings is 1. The number of aliphatic hydroxyl groups is 1. The maximum atomic E-state index is 12.4. The van der Waals surface area contributed by atoms with E-state index in [4.69, 9.17) is 0 Å². The minimum Gasteiger partial charge on any atom is -0.392 e. The Morgan fingerprint density at radius 3 is 2.52 bits per heavy atom. The van der Waals surface area contributed by atoms with Crippen molar-refractivity contribution in [3.8, 4) is 0 Å². The highest BCUT2D eigenvalue weighted by Gasteiger charge is 2.19. The summed E-state index contributed by atoms with van der Waals surface area (Å²) in [7, 11) is -3.62. The molecule has 0 spiro atoms. The van der Waals surface area contributed by atoms with Crippen LogP contribution in [0.4, 0.5) is 0 Å². The molecule has 1 heterocycles. The number of benzene rings is 1. The summed E-state index contributed by atoms with van der Waals surface area (Å²) in [6.07, 6.45) is 0. The summed E-state index contributed by atoms with van der Waals surface area (Å²) in [5.41, 5.74) is 4.69. The van der Waals surface area contributed by atoms with Gasteiger partial charge in [0.25, 0.3) is 0 Å². The van der Waals surface area contributed by atoms with E-state index in [0.717, 1.165) is 16.1 Å². The van der Waals surface area contributed by atoms with Crippen molar-refractivity contribution in [3.63, 3.8) is 0 Å². The van der Waals surface area contributed by atoms with Crippen molar-refractivity contribution >= 4 is 21.4 Å². The number of sulfonamides is 1. The lowest BCUT2D eigenvalue weighted by molar-refractivity contribution is 0.280. The van der Waals surface area contributed by atoms with Gasteiger partial charge in [0.1, 0.15) is 0 Å². The molecule has 2 rings (SSSR count). The standard InChI is InChI=1S/C14H18N2O3S2/c1-9-4-10(2)14(5-12(9)7-17)21(18,19)16-6-13-11(3)15-8-20-13/h4-5,8,16-17H,6-7H2,1-3H3. The number of aryl methyl sites for hydroxylation is 3. The van der Waals surface area contributed by atoms with E-state index >= 15 is 0 Å². The number of aromatic nitrogens is 1. The fourth-order valence-corrected chi connectivity index (χ4v) is 4.15. The molecule has 2 aromatic rings. The molecule has 0 fully saturated rings. The highest BCUT2D eigenvalue weighted by Crippen LogP contribution is 2.21. The monoisotopic (exact) mass is 326 g/mol. The fourth-order valence-electron chi connectivity index (χ4n) is 2.07. The second kappa shape index (κ2) is 6.23. The Labute approximate surface area is 128 Å². The van der Waals surface area contributed by atoms with Gasteiger partial charge >= 0.3 is 0 Å². The molecule has 1 aromatic heterocycles. The van der Waals surface area contributed by atoms with E-state index in [0.29, 0.717) is 11.1 Å². The summed E-state index contributed by atoms with van der Waals surface area (Å²) in [4.78, 5) is 5.20. The van der Waals surface area contributed by atoms with Crippen molar-refractivity contribution in [1.29, 1.82) is 0 Å². The third-order valence-electron chi connectivity index (χ3n) is 3.36. The first-order chi connectivity index (χ1) is 9.85. The van der Waals surface area contributed by atoms with Crippen LogP contribution in [0.5, 0.6) is 0 Å². The summed E-state index contributed by atoms with van der Waals surface area (Å²) >= 11 is 1.42. The van der Waals surface area contributed by atoms with Crippen LogP contribution in [-0.2, 0) is 23.2 Å². The third-order valence-corrected chi connectivity index (χ3v) is 5.84. The molecule has 2 N–H and O–H groups in total. The molecule has 0 saturated heterocycles. The largest absolute Gasteiger partial charge is 0.392 e. The Kier molecular flexibility index (Phi) is 4.77. The van der Waals surface area contributed by atoms with Gasteiger partial charge in [-0.15, -0.1) is 11.3 Å². The predicted octanol–water partition coefficient (Wildman–Crippen LogP) is 2.04. The van der Waals surface area contributed by atoms with Crippen molar-refractivity contribution in [2.75, 3.05) is 0 Å². The van der Waals surface area contributed by atoms with E-state index in [9.17, 15) is 13.5 Å². The topological polar surface area (TPSA) is 79.3 Å². The molecule has 0 bridgehead atoms. The zero-order valence-electron chi connectivity index (χ0n) is 12.2. The zero-order valence-corrected chi connectivity index (χ0v) is 13.8. The quantitative estimate of drug-likeness (QED) is 0.881. The number of hydrogen-bond donors (Lipinski definition) is 2. The second-order valence-electron chi connectivity index (χ2n) is 4.89. The first-order valence-electron chi connectivity index (χ1n) is 6.44. The van der Waals surface area contributed by atoms with Gasteiger partial charge in [-0.1, -0.05) is 6.07 Å². The van der Waals surface area contributed by atoms with E-state index in [2.05, 4.69) is 9.71 Å². The number of aliphatic hydroxyl groups excluding tert-OH is 1. The molecule has 0 atom stereocenters. The van der Waals surface area contributed by atoms with Crippen LogP contribution in [0.15, 0.2) is 22.5 Å². The maximum Gasteiger partial charge on any atom is 0.241 e. The average Bonchev–Trinajstić information content (AvgIpc) is 2.82. The normalized spacial score (nSPS) is 11.8. The summed E-state index contributed by atoms with van der Waals surface area (Å²) in [6, 6.07) is 3.31. The zero-order chi connectivity index (χ0) is 15.6. The summed E-state index contributed by atoms with van der Waals surface area (Å²) in [5, 5.41) is 9.29. The molecule has 114 valence electrons. The van der Waals surface area contributed by atoms with Gasteiger partial charge < -0.3 is 5.11 Å². The Morgan fingerprint density at radius 2 is 1.95 bits per heavy atom. The van der Waals surface area contributed by atoms with Crippen LogP contribution >= 0.6 is 11.3 Å². The molecule has 0 radical (unpaired) electrons. The van der Waals surface area contributed by atoms with E-state index < -0.39 is 10.0 Å². The van der Waals surface area contributed by atoms with Gasteiger partial charge in [-0.2, -0.15) is 0 Å². The summed E-state index contributed by atoms with van der Waals surface area (Å²) in [6.45, 7) is 5.49. The van der Waals surface area contributed by atoms with Crippen LogP contribution in [-0.4, -0.2) is 18.5 Å². The molecule has 0 aliphatic heterocycles. The van der Waals surface area contributed by atoms with Gasteiger partial charge in [-0.05, 0) is 43.5 Å². The summed E-state index contributed by atoms with van der Waals surface area (Å²) < 4.78 is 27.5. The van der Waals surface area contributed by atoms with Crippen molar-refractivity contribution in [1.82, 2.24) is 9.71 Å². The van der Waals surface area contributed by atoms with E-state index in [1.165, 1.54) is 17.4 Å². The van der Waals surface area contributed by atoms with Crippen molar-refractivity contribution in [2.24, 2.45) is 0 Å². The lowest BCUT2D eigenvalue weighted by atomic mass is 10.1. The summed E-state index contributed by atoms with van der Waals surface area (Å²) in [5.74, 6) is 0. The van der Waals surface area contributed by atoms with Gasteiger partial charge in [0.15, 0.2) is 0 Å². The van der Waals surface area contributed by atoms with Crippen LogP contribution in [0.25, 0.3) is 0 Å². The van der Waals surface area contributed by atoms with Crippen molar-refractivity contribution in [3.05, 3.63) is 44.9 Å². The maximum absolute atomic E-state index is 12.4. The highest BCUT2D eigenvalue weighted by molar-refractivity contribution is 7.89. The molecule has 0 saturated carbocycles. The van der Waals surface area contributed by atoms with Crippen LogP contribution in [0.2, 0.25) is 0 Å². The minimum absolute atomic E-state index is 0.178. The fraction of sp³-hybridized carbons (Fsp3) is 0.357. The van der Waals surface area contributed by atoms with Gasteiger partial charge in [-0.3, -0.25) is 0 Å². The number of rotatable bonds is 5. The molecule has 1 aromatic carbocycles.